The maximum Gasteiger partial charge on any atom is 0.0741 e. The van der Waals surface area contributed by atoms with Crippen LogP contribution in [0.15, 0.2) is 18.2 Å². The second-order valence-corrected chi connectivity index (χ2v) is 6.07. The van der Waals surface area contributed by atoms with E-state index in [-0.39, 0.29) is 0 Å². The Morgan fingerprint density at radius 2 is 2.19 bits per heavy atom. The molecular weight excluding hydrogens is 240 g/mol. The van der Waals surface area contributed by atoms with Crippen molar-refractivity contribution in [2.75, 3.05) is 22.9 Å². The summed E-state index contributed by atoms with van der Waals surface area (Å²) < 4.78 is 0. The van der Waals surface area contributed by atoms with E-state index < -0.39 is 0 Å². The van der Waals surface area contributed by atoms with Crippen molar-refractivity contribution >= 4 is 34.7 Å². The Morgan fingerprint density at radius 3 is 2.94 bits per heavy atom. The first-order valence-electron chi connectivity index (χ1n) is 5.53. The van der Waals surface area contributed by atoms with Gasteiger partial charge in [-0.3, -0.25) is 0 Å². The summed E-state index contributed by atoms with van der Waals surface area (Å²) in [5.74, 6) is 1.15. The van der Waals surface area contributed by atoms with Crippen molar-refractivity contribution in [3.8, 4) is 0 Å². The summed E-state index contributed by atoms with van der Waals surface area (Å²) >= 11 is 8.08. The minimum absolute atomic E-state index is 0.500. The lowest BCUT2D eigenvalue weighted by atomic mass is 10.1. The van der Waals surface area contributed by atoms with Crippen LogP contribution >= 0.6 is 23.4 Å². The van der Waals surface area contributed by atoms with Gasteiger partial charge in [-0.1, -0.05) is 24.6 Å². The number of hydrogen-bond donors (Lipinski definition) is 1. The van der Waals surface area contributed by atoms with Crippen LogP contribution in [0.3, 0.4) is 0 Å². The molecule has 2 atom stereocenters. The molecule has 16 heavy (non-hydrogen) atoms. The second kappa shape index (κ2) is 4.76. The fraction of sp³-hybridized carbons (Fsp3) is 0.500. The number of hydrogen-bond acceptors (Lipinski definition) is 3. The van der Waals surface area contributed by atoms with E-state index in [0.717, 1.165) is 18.0 Å². The van der Waals surface area contributed by atoms with E-state index in [4.69, 9.17) is 17.3 Å². The Balaban J connectivity index is 2.32. The summed E-state index contributed by atoms with van der Waals surface area (Å²) in [7, 11) is 0. The number of rotatable bonds is 1. The maximum absolute atomic E-state index is 6.06. The maximum atomic E-state index is 6.06. The fourth-order valence-electron chi connectivity index (χ4n) is 2.05. The minimum atomic E-state index is 0.500. The molecule has 1 aliphatic rings. The number of nitrogens with two attached hydrogens (primary N) is 1. The summed E-state index contributed by atoms with van der Waals surface area (Å²) in [5, 5.41) is 1.28. The predicted molar refractivity (Wildman–Crippen MR) is 74.6 cm³/mol. The van der Waals surface area contributed by atoms with Crippen LogP contribution in [0.1, 0.15) is 13.8 Å². The Kier molecular flexibility index (Phi) is 3.55. The molecular formula is C12H17ClN2S. The van der Waals surface area contributed by atoms with Crippen molar-refractivity contribution in [1.82, 2.24) is 0 Å². The molecule has 4 heteroatoms. The van der Waals surface area contributed by atoms with Gasteiger partial charge in [0.15, 0.2) is 0 Å². The Hall–Kier alpha value is -0.540. The molecule has 0 radical (unpaired) electrons. The third-order valence-electron chi connectivity index (χ3n) is 3.22. The number of para-hydroxylation sites is 1. The standard InChI is InChI=1S/C12H17ClN2S/c1-8-9(2)16-7-6-15(8)11-5-3-4-10(13)12(11)14/h3-5,8-9H,6-7,14H2,1-2H3. The van der Waals surface area contributed by atoms with Crippen LogP contribution in [0.2, 0.25) is 5.02 Å². The molecule has 1 heterocycles. The summed E-state index contributed by atoms with van der Waals surface area (Å²) in [6, 6.07) is 6.36. The van der Waals surface area contributed by atoms with E-state index in [9.17, 15) is 0 Å². The molecule has 2 N–H and O–H groups in total. The van der Waals surface area contributed by atoms with E-state index in [1.807, 2.05) is 23.9 Å². The molecule has 1 saturated heterocycles. The Bertz CT molecular complexity index is 383. The van der Waals surface area contributed by atoms with Crippen molar-refractivity contribution in [3.63, 3.8) is 0 Å². The van der Waals surface area contributed by atoms with Gasteiger partial charge in [0.2, 0.25) is 0 Å². The first-order valence-corrected chi connectivity index (χ1v) is 6.96. The van der Waals surface area contributed by atoms with Crippen molar-refractivity contribution in [1.29, 1.82) is 0 Å². The molecule has 0 spiro atoms. The molecule has 0 amide bonds. The van der Waals surface area contributed by atoms with Gasteiger partial charge in [-0.25, -0.2) is 0 Å². The number of nitrogen functional groups attached to an aromatic ring is 1. The number of thioether (sulfide) groups is 1. The van der Waals surface area contributed by atoms with Crippen LogP contribution in [0.5, 0.6) is 0 Å². The Labute approximate surface area is 106 Å². The summed E-state index contributed by atoms with van der Waals surface area (Å²) in [6.07, 6.45) is 0. The lowest BCUT2D eigenvalue weighted by Crippen LogP contribution is -2.45. The molecule has 2 rings (SSSR count). The quantitative estimate of drug-likeness (QED) is 0.782. The lowest BCUT2D eigenvalue weighted by molar-refractivity contribution is 0.628. The highest BCUT2D eigenvalue weighted by Gasteiger charge is 2.26. The fourth-order valence-corrected chi connectivity index (χ4v) is 3.32. The van der Waals surface area contributed by atoms with Crippen LogP contribution in [0.4, 0.5) is 11.4 Å². The van der Waals surface area contributed by atoms with Crippen molar-refractivity contribution in [3.05, 3.63) is 23.2 Å². The monoisotopic (exact) mass is 256 g/mol. The molecule has 0 saturated carbocycles. The number of nitrogens with zero attached hydrogens (tertiary/aromatic N) is 1. The predicted octanol–water partition coefficient (Wildman–Crippen LogP) is 3.25. The molecule has 1 fully saturated rings. The van der Waals surface area contributed by atoms with Crippen molar-refractivity contribution in [2.24, 2.45) is 0 Å². The molecule has 0 aliphatic carbocycles. The van der Waals surface area contributed by atoms with Crippen LogP contribution < -0.4 is 10.6 Å². The zero-order chi connectivity index (χ0) is 11.7. The minimum Gasteiger partial charge on any atom is -0.396 e. The summed E-state index contributed by atoms with van der Waals surface area (Å²) in [6.45, 7) is 5.56. The topological polar surface area (TPSA) is 29.3 Å². The van der Waals surface area contributed by atoms with E-state index in [1.165, 1.54) is 0 Å². The smallest absolute Gasteiger partial charge is 0.0741 e. The highest BCUT2D eigenvalue weighted by molar-refractivity contribution is 8.00. The molecule has 1 aliphatic heterocycles. The van der Waals surface area contributed by atoms with Gasteiger partial charge in [-0.15, -0.1) is 0 Å². The third kappa shape index (κ3) is 2.11. The van der Waals surface area contributed by atoms with E-state index in [0.29, 0.717) is 22.0 Å². The molecule has 1 aromatic carbocycles. The largest absolute Gasteiger partial charge is 0.396 e. The summed E-state index contributed by atoms with van der Waals surface area (Å²) in [5.41, 5.74) is 7.82. The zero-order valence-electron chi connectivity index (χ0n) is 9.61. The van der Waals surface area contributed by atoms with Crippen LogP contribution in [-0.4, -0.2) is 23.6 Å². The molecule has 0 aromatic heterocycles. The molecule has 88 valence electrons. The van der Waals surface area contributed by atoms with Gasteiger partial charge < -0.3 is 10.6 Å². The third-order valence-corrected chi connectivity index (χ3v) is 4.89. The van der Waals surface area contributed by atoms with Gasteiger partial charge in [-0.05, 0) is 19.1 Å². The first kappa shape index (κ1) is 11.9. The van der Waals surface area contributed by atoms with E-state index in [2.05, 4.69) is 24.8 Å². The van der Waals surface area contributed by atoms with Crippen LogP contribution in [0, 0.1) is 0 Å². The number of benzene rings is 1. The van der Waals surface area contributed by atoms with Crippen LogP contribution in [0.25, 0.3) is 0 Å². The van der Waals surface area contributed by atoms with Gasteiger partial charge in [0.1, 0.15) is 0 Å². The molecule has 1 aromatic rings. The Morgan fingerprint density at radius 1 is 1.44 bits per heavy atom. The first-order chi connectivity index (χ1) is 7.61. The van der Waals surface area contributed by atoms with Crippen LogP contribution in [-0.2, 0) is 0 Å². The SMILES string of the molecule is CC1SCCN(c2cccc(Cl)c2N)C1C. The number of halogens is 1. The average Bonchev–Trinajstić information content (AvgIpc) is 2.27. The van der Waals surface area contributed by atoms with Crippen molar-refractivity contribution in [2.45, 2.75) is 25.1 Å². The van der Waals surface area contributed by atoms with Gasteiger partial charge >= 0.3 is 0 Å². The normalized spacial score (nSPS) is 25.8. The molecule has 0 bridgehead atoms. The van der Waals surface area contributed by atoms with Gasteiger partial charge in [0.05, 0.1) is 16.4 Å². The second-order valence-electron chi connectivity index (χ2n) is 4.18. The van der Waals surface area contributed by atoms with E-state index in [1.54, 1.807) is 0 Å². The lowest BCUT2D eigenvalue weighted by Gasteiger charge is -2.39. The van der Waals surface area contributed by atoms with Crippen molar-refractivity contribution < 1.29 is 0 Å². The molecule has 2 unspecified atom stereocenters. The number of anilines is 2. The molecule has 2 nitrogen and oxygen atoms in total. The average molecular weight is 257 g/mol. The highest BCUT2D eigenvalue weighted by Crippen LogP contribution is 2.35. The highest BCUT2D eigenvalue weighted by atomic mass is 35.5. The van der Waals surface area contributed by atoms with Gasteiger partial charge in [0, 0.05) is 23.6 Å². The van der Waals surface area contributed by atoms with E-state index >= 15 is 0 Å². The summed E-state index contributed by atoms with van der Waals surface area (Å²) in [4.78, 5) is 2.36. The van der Waals surface area contributed by atoms with Gasteiger partial charge in [0.25, 0.3) is 0 Å². The zero-order valence-corrected chi connectivity index (χ0v) is 11.2. The van der Waals surface area contributed by atoms with Gasteiger partial charge in [-0.2, -0.15) is 11.8 Å².